The zero-order valence-electron chi connectivity index (χ0n) is 10.5. The lowest BCUT2D eigenvalue weighted by Crippen LogP contribution is -2.15. The molecule has 0 amide bonds. The van der Waals surface area contributed by atoms with Crippen molar-refractivity contribution in [1.29, 1.82) is 0 Å². The summed E-state index contributed by atoms with van der Waals surface area (Å²) in [5, 5.41) is 16.4. The van der Waals surface area contributed by atoms with E-state index in [1.807, 2.05) is 24.3 Å². The standard InChI is InChI=1S/C14H12N2O4/c17-13(18)6-5-12-15-16-14(20-12)10-7-8-19-11-4-2-1-3-9(10)11/h1-6,10H,7-8H2,(H,17,18)/b6-5+. The molecule has 0 aliphatic carbocycles. The van der Waals surface area contributed by atoms with Gasteiger partial charge in [0.05, 0.1) is 12.5 Å². The van der Waals surface area contributed by atoms with E-state index < -0.39 is 5.97 Å². The summed E-state index contributed by atoms with van der Waals surface area (Å²) < 4.78 is 11.1. The summed E-state index contributed by atoms with van der Waals surface area (Å²) in [5.41, 5.74) is 1.01. The smallest absolute Gasteiger partial charge is 0.328 e. The third-order valence-corrected chi connectivity index (χ3v) is 3.08. The van der Waals surface area contributed by atoms with Crippen LogP contribution in [0.5, 0.6) is 5.75 Å². The number of rotatable bonds is 3. The van der Waals surface area contributed by atoms with Crippen LogP contribution in [0.4, 0.5) is 0 Å². The Morgan fingerprint density at radius 3 is 3.05 bits per heavy atom. The normalized spacial score (nSPS) is 17.7. The number of ether oxygens (including phenoxy) is 1. The van der Waals surface area contributed by atoms with Crippen LogP contribution in [0.15, 0.2) is 34.8 Å². The van der Waals surface area contributed by atoms with Gasteiger partial charge in [-0.3, -0.25) is 0 Å². The topological polar surface area (TPSA) is 85.5 Å². The molecule has 102 valence electrons. The van der Waals surface area contributed by atoms with Crippen molar-refractivity contribution in [3.8, 4) is 5.75 Å². The molecule has 1 aliphatic heterocycles. The number of fused-ring (bicyclic) bond motifs is 1. The molecular weight excluding hydrogens is 260 g/mol. The van der Waals surface area contributed by atoms with Gasteiger partial charge in [-0.1, -0.05) is 18.2 Å². The van der Waals surface area contributed by atoms with Crippen LogP contribution in [-0.2, 0) is 4.79 Å². The number of aromatic nitrogens is 2. The van der Waals surface area contributed by atoms with Crippen molar-refractivity contribution in [2.24, 2.45) is 0 Å². The molecule has 1 atom stereocenters. The minimum atomic E-state index is -1.05. The maximum atomic E-state index is 10.5. The fourth-order valence-electron chi connectivity index (χ4n) is 2.20. The summed E-state index contributed by atoms with van der Waals surface area (Å²) in [6.07, 6.45) is 3.00. The lowest BCUT2D eigenvalue weighted by Gasteiger charge is -2.23. The average molecular weight is 272 g/mol. The average Bonchev–Trinajstić information content (AvgIpc) is 2.93. The fraction of sp³-hybridized carbons (Fsp3) is 0.214. The van der Waals surface area contributed by atoms with Crippen molar-refractivity contribution in [3.63, 3.8) is 0 Å². The van der Waals surface area contributed by atoms with Gasteiger partial charge in [-0.2, -0.15) is 0 Å². The molecule has 0 bridgehead atoms. The van der Waals surface area contributed by atoms with Gasteiger partial charge in [-0.15, -0.1) is 10.2 Å². The van der Waals surface area contributed by atoms with Crippen LogP contribution >= 0.6 is 0 Å². The van der Waals surface area contributed by atoms with Crippen LogP contribution < -0.4 is 4.74 Å². The number of carbonyl (C=O) groups is 1. The lowest BCUT2D eigenvalue weighted by atomic mass is 9.93. The van der Waals surface area contributed by atoms with Crippen molar-refractivity contribution >= 4 is 12.0 Å². The highest BCUT2D eigenvalue weighted by molar-refractivity contribution is 5.84. The Kier molecular flexibility index (Phi) is 3.20. The van der Waals surface area contributed by atoms with Gasteiger partial charge in [-0.25, -0.2) is 4.79 Å². The van der Waals surface area contributed by atoms with E-state index in [4.69, 9.17) is 14.3 Å². The Bertz CT molecular complexity index is 663. The van der Waals surface area contributed by atoms with Crippen molar-refractivity contribution < 1.29 is 19.1 Å². The van der Waals surface area contributed by atoms with Crippen molar-refractivity contribution in [2.45, 2.75) is 12.3 Å². The van der Waals surface area contributed by atoms with Gasteiger partial charge < -0.3 is 14.3 Å². The van der Waals surface area contributed by atoms with E-state index in [9.17, 15) is 4.79 Å². The van der Waals surface area contributed by atoms with E-state index in [1.54, 1.807) is 0 Å². The van der Waals surface area contributed by atoms with Gasteiger partial charge in [0.2, 0.25) is 11.8 Å². The number of carboxylic acids is 1. The summed E-state index contributed by atoms with van der Waals surface area (Å²) in [4.78, 5) is 10.5. The molecule has 2 heterocycles. The molecule has 0 saturated carbocycles. The first-order valence-electron chi connectivity index (χ1n) is 6.20. The van der Waals surface area contributed by atoms with Crippen LogP contribution in [-0.4, -0.2) is 27.9 Å². The molecule has 1 N–H and O–H groups in total. The molecule has 6 heteroatoms. The summed E-state index contributed by atoms with van der Waals surface area (Å²) in [5.74, 6) is 0.419. The molecule has 1 aromatic heterocycles. The maximum absolute atomic E-state index is 10.5. The first-order valence-corrected chi connectivity index (χ1v) is 6.20. The quantitative estimate of drug-likeness (QED) is 0.861. The Morgan fingerprint density at radius 1 is 1.35 bits per heavy atom. The van der Waals surface area contributed by atoms with Crippen LogP contribution in [0, 0.1) is 0 Å². The van der Waals surface area contributed by atoms with Crippen LogP contribution in [0.25, 0.3) is 6.08 Å². The number of hydrogen-bond acceptors (Lipinski definition) is 5. The summed E-state index contributed by atoms with van der Waals surface area (Å²) in [7, 11) is 0. The van der Waals surface area contributed by atoms with E-state index in [0.29, 0.717) is 12.5 Å². The second-order valence-corrected chi connectivity index (χ2v) is 4.38. The SMILES string of the molecule is O=C(O)/C=C/c1nnc(C2CCOc3ccccc32)o1. The molecule has 6 nitrogen and oxygen atoms in total. The molecule has 0 radical (unpaired) electrons. The Labute approximate surface area is 114 Å². The zero-order valence-corrected chi connectivity index (χ0v) is 10.5. The number of aliphatic carboxylic acids is 1. The molecule has 0 spiro atoms. The summed E-state index contributed by atoms with van der Waals surface area (Å²) in [6.45, 7) is 0.588. The predicted octanol–water partition coefficient (Wildman–Crippen LogP) is 2.08. The van der Waals surface area contributed by atoms with Gasteiger partial charge in [0, 0.05) is 17.7 Å². The summed E-state index contributed by atoms with van der Waals surface area (Å²) >= 11 is 0. The van der Waals surface area contributed by atoms with Crippen molar-refractivity contribution in [3.05, 3.63) is 47.7 Å². The molecule has 1 aromatic carbocycles. The number of benzene rings is 1. The highest BCUT2D eigenvalue weighted by Crippen LogP contribution is 2.37. The molecule has 1 aliphatic rings. The highest BCUT2D eigenvalue weighted by Gasteiger charge is 2.27. The molecular formula is C14H12N2O4. The third-order valence-electron chi connectivity index (χ3n) is 3.08. The highest BCUT2D eigenvalue weighted by atomic mass is 16.5. The van der Waals surface area contributed by atoms with Gasteiger partial charge in [0.25, 0.3) is 0 Å². The first kappa shape index (κ1) is 12.4. The number of para-hydroxylation sites is 1. The van der Waals surface area contributed by atoms with E-state index in [1.165, 1.54) is 6.08 Å². The largest absolute Gasteiger partial charge is 0.493 e. The van der Waals surface area contributed by atoms with Crippen molar-refractivity contribution in [1.82, 2.24) is 10.2 Å². The molecule has 0 fully saturated rings. The van der Waals surface area contributed by atoms with Gasteiger partial charge in [-0.05, 0) is 12.5 Å². The molecule has 3 rings (SSSR count). The molecule has 2 aromatic rings. The second-order valence-electron chi connectivity index (χ2n) is 4.38. The Balaban J connectivity index is 1.89. The van der Waals surface area contributed by atoms with Crippen LogP contribution in [0.3, 0.4) is 0 Å². The van der Waals surface area contributed by atoms with E-state index >= 15 is 0 Å². The second kappa shape index (κ2) is 5.16. The van der Waals surface area contributed by atoms with Crippen LogP contribution in [0.1, 0.15) is 29.7 Å². The van der Waals surface area contributed by atoms with Crippen molar-refractivity contribution in [2.75, 3.05) is 6.61 Å². The summed E-state index contributed by atoms with van der Waals surface area (Å²) in [6, 6.07) is 7.72. The zero-order chi connectivity index (χ0) is 13.9. The van der Waals surface area contributed by atoms with E-state index in [2.05, 4.69) is 10.2 Å². The third kappa shape index (κ3) is 2.40. The van der Waals surface area contributed by atoms with Gasteiger partial charge in [0.1, 0.15) is 5.75 Å². The molecule has 0 saturated heterocycles. The van der Waals surface area contributed by atoms with E-state index in [0.717, 1.165) is 23.8 Å². The molecule has 1 unspecified atom stereocenters. The minimum Gasteiger partial charge on any atom is -0.493 e. The number of hydrogen-bond donors (Lipinski definition) is 1. The van der Waals surface area contributed by atoms with Gasteiger partial charge in [0.15, 0.2) is 0 Å². The number of nitrogens with zero attached hydrogens (tertiary/aromatic N) is 2. The molecule has 20 heavy (non-hydrogen) atoms. The van der Waals surface area contributed by atoms with Crippen LogP contribution in [0.2, 0.25) is 0 Å². The fourth-order valence-corrected chi connectivity index (χ4v) is 2.20. The Morgan fingerprint density at radius 2 is 2.20 bits per heavy atom. The lowest BCUT2D eigenvalue weighted by molar-refractivity contribution is -0.131. The Hall–Kier alpha value is -2.63. The first-order chi connectivity index (χ1) is 9.74. The maximum Gasteiger partial charge on any atom is 0.328 e. The minimum absolute atomic E-state index is 0.0144. The van der Waals surface area contributed by atoms with E-state index in [-0.39, 0.29) is 11.8 Å². The van der Waals surface area contributed by atoms with Gasteiger partial charge >= 0.3 is 5.97 Å². The number of carboxylic acid groups (broad SMARTS) is 1. The monoisotopic (exact) mass is 272 g/mol. The predicted molar refractivity (Wildman–Crippen MR) is 69.4 cm³/mol.